The highest BCUT2D eigenvalue weighted by molar-refractivity contribution is 9.10. The summed E-state index contributed by atoms with van der Waals surface area (Å²) >= 11 is 3.57. The van der Waals surface area contributed by atoms with Crippen molar-refractivity contribution in [3.05, 3.63) is 28.2 Å². The lowest BCUT2D eigenvalue weighted by Gasteiger charge is -2.31. The van der Waals surface area contributed by atoms with Crippen molar-refractivity contribution in [2.24, 2.45) is 5.73 Å². The van der Waals surface area contributed by atoms with E-state index in [4.69, 9.17) is 5.73 Å². The predicted octanol–water partition coefficient (Wildman–Crippen LogP) is 3.53. The van der Waals surface area contributed by atoms with Crippen molar-refractivity contribution in [1.82, 2.24) is 0 Å². The molecule has 0 radical (unpaired) electrons. The molecule has 0 heterocycles. The van der Waals surface area contributed by atoms with Gasteiger partial charge in [-0.1, -0.05) is 28.9 Å². The van der Waals surface area contributed by atoms with Gasteiger partial charge >= 0.3 is 0 Å². The van der Waals surface area contributed by atoms with E-state index in [1.807, 2.05) is 0 Å². The van der Waals surface area contributed by atoms with Gasteiger partial charge in [0.25, 0.3) is 0 Å². The van der Waals surface area contributed by atoms with Crippen molar-refractivity contribution in [2.75, 3.05) is 11.4 Å². The number of nitrogens with zero attached hydrogens (tertiary/aromatic N) is 1. The SMILES string of the molecule is CCC(C)N(CC)c1cccc(Br)c1CN. The van der Waals surface area contributed by atoms with Crippen LogP contribution in [0.2, 0.25) is 0 Å². The van der Waals surface area contributed by atoms with Gasteiger partial charge in [0, 0.05) is 34.9 Å². The minimum Gasteiger partial charge on any atom is -0.369 e. The lowest BCUT2D eigenvalue weighted by atomic mass is 10.1. The zero-order valence-corrected chi connectivity index (χ0v) is 11.9. The highest BCUT2D eigenvalue weighted by Gasteiger charge is 2.15. The van der Waals surface area contributed by atoms with Gasteiger partial charge in [-0.25, -0.2) is 0 Å². The molecule has 1 atom stereocenters. The van der Waals surface area contributed by atoms with Crippen LogP contribution in [0.15, 0.2) is 22.7 Å². The Labute approximate surface area is 107 Å². The van der Waals surface area contributed by atoms with E-state index in [1.165, 1.54) is 11.3 Å². The van der Waals surface area contributed by atoms with Gasteiger partial charge < -0.3 is 10.6 Å². The van der Waals surface area contributed by atoms with Crippen molar-refractivity contribution < 1.29 is 0 Å². The first-order valence-electron chi connectivity index (χ1n) is 5.89. The Hall–Kier alpha value is -0.540. The Balaban J connectivity index is 3.14. The molecule has 1 aromatic carbocycles. The zero-order chi connectivity index (χ0) is 12.1. The average Bonchev–Trinajstić information content (AvgIpc) is 2.30. The number of hydrogen-bond acceptors (Lipinski definition) is 2. The van der Waals surface area contributed by atoms with Crippen LogP contribution in [0, 0.1) is 0 Å². The van der Waals surface area contributed by atoms with Gasteiger partial charge in [-0.05, 0) is 32.4 Å². The maximum absolute atomic E-state index is 5.83. The quantitative estimate of drug-likeness (QED) is 0.896. The number of halogens is 1. The smallest absolute Gasteiger partial charge is 0.0425 e. The van der Waals surface area contributed by atoms with Crippen LogP contribution in [0.5, 0.6) is 0 Å². The van der Waals surface area contributed by atoms with Gasteiger partial charge in [0.15, 0.2) is 0 Å². The Bertz CT molecular complexity index is 339. The fraction of sp³-hybridized carbons (Fsp3) is 0.538. The normalized spacial score (nSPS) is 12.6. The van der Waals surface area contributed by atoms with Gasteiger partial charge in [0.05, 0.1) is 0 Å². The zero-order valence-electron chi connectivity index (χ0n) is 10.3. The number of rotatable bonds is 5. The summed E-state index contributed by atoms with van der Waals surface area (Å²) in [6, 6.07) is 6.83. The third kappa shape index (κ3) is 2.77. The average molecular weight is 285 g/mol. The van der Waals surface area contributed by atoms with Gasteiger partial charge in [-0.15, -0.1) is 0 Å². The molecule has 16 heavy (non-hydrogen) atoms. The first kappa shape index (κ1) is 13.5. The standard InChI is InChI=1S/C13H21BrN2/c1-4-10(3)16(5-2)13-8-6-7-12(14)11(13)9-15/h6-8,10H,4-5,9,15H2,1-3H3. The lowest BCUT2D eigenvalue weighted by Crippen LogP contribution is -2.33. The number of benzene rings is 1. The van der Waals surface area contributed by atoms with Crippen LogP contribution in [0.3, 0.4) is 0 Å². The van der Waals surface area contributed by atoms with Crippen LogP contribution in [0.25, 0.3) is 0 Å². The molecule has 0 saturated heterocycles. The molecule has 1 rings (SSSR count). The summed E-state index contributed by atoms with van der Waals surface area (Å²) in [4.78, 5) is 2.41. The van der Waals surface area contributed by atoms with E-state index in [-0.39, 0.29) is 0 Å². The van der Waals surface area contributed by atoms with Crippen LogP contribution < -0.4 is 10.6 Å². The summed E-state index contributed by atoms with van der Waals surface area (Å²) in [6.07, 6.45) is 1.14. The lowest BCUT2D eigenvalue weighted by molar-refractivity contribution is 0.627. The number of nitrogens with two attached hydrogens (primary N) is 1. The number of hydrogen-bond donors (Lipinski definition) is 1. The molecule has 0 saturated carbocycles. The minimum absolute atomic E-state index is 0.546. The van der Waals surface area contributed by atoms with Gasteiger partial charge in [0.2, 0.25) is 0 Å². The summed E-state index contributed by atoms with van der Waals surface area (Å²) in [5, 5.41) is 0. The second kappa shape index (κ2) is 6.26. The molecule has 0 aromatic heterocycles. The Morgan fingerprint density at radius 3 is 2.56 bits per heavy atom. The molecule has 2 nitrogen and oxygen atoms in total. The van der Waals surface area contributed by atoms with Crippen molar-refractivity contribution in [3.63, 3.8) is 0 Å². The molecule has 1 unspecified atom stereocenters. The highest BCUT2D eigenvalue weighted by Crippen LogP contribution is 2.29. The van der Waals surface area contributed by atoms with E-state index < -0.39 is 0 Å². The second-order valence-corrected chi connectivity index (χ2v) is 4.84. The summed E-state index contributed by atoms with van der Waals surface area (Å²) < 4.78 is 1.11. The first-order valence-corrected chi connectivity index (χ1v) is 6.69. The largest absolute Gasteiger partial charge is 0.369 e. The molecule has 0 aliphatic heterocycles. The highest BCUT2D eigenvalue weighted by atomic mass is 79.9. The third-order valence-electron chi connectivity index (χ3n) is 3.07. The van der Waals surface area contributed by atoms with E-state index in [1.54, 1.807) is 0 Å². The fourth-order valence-corrected chi connectivity index (χ4v) is 2.48. The van der Waals surface area contributed by atoms with Crippen LogP contribution in [0.4, 0.5) is 5.69 Å². The summed E-state index contributed by atoms with van der Waals surface area (Å²) in [6.45, 7) is 8.24. The molecule has 3 heteroatoms. The molecule has 0 spiro atoms. The van der Waals surface area contributed by atoms with Crippen molar-refractivity contribution in [2.45, 2.75) is 39.8 Å². The summed E-state index contributed by atoms with van der Waals surface area (Å²) in [7, 11) is 0. The molecule has 1 aromatic rings. The van der Waals surface area contributed by atoms with E-state index in [2.05, 4.69) is 59.8 Å². The van der Waals surface area contributed by atoms with E-state index in [9.17, 15) is 0 Å². The molecular formula is C13H21BrN2. The molecule has 0 bridgehead atoms. The van der Waals surface area contributed by atoms with E-state index in [0.29, 0.717) is 12.6 Å². The monoisotopic (exact) mass is 284 g/mol. The Morgan fingerprint density at radius 1 is 1.38 bits per heavy atom. The van der Waals surface area contributed by atoms with Crippen molar-refractivity contribution in [3.8, 4) is 0 Å². The predicted molar refractivity (Wildman–Crippen MR) is 74.8 cm³/mol. The number of anilines is 1. The molecular weight excluding hydrogens is 264 g/mol. The van der Waals surface area contributed by atoms with Crippen LogP contribution >= 0.6 is 15.9 Å². The minimum atomic E-state index is 0.546. The van der Waals surface area contributed by atoms with Crippen molar-refractivity contribution in [1.29, 1.82) is 0 Å². The molecule has 90 valence electrons. The van der Waals surface area contributed by atoms with Crippen LogP contribution in [-0.4, -0.2) is 12.6 Å². The maximum Gasteiger partial charge on any atom is 0.0425 e. The molecule has 0 amide bonds. The van der Waals surface area contributed by atoms with Gasteiger partial charge in [0.1, 0.15) is 0 Å². The fourth-order valence-electron chi connectivity index (χ4n) is 1.96. The summed E-state index contributed by atoms with van der Waals surface area (Å²) in [5.41, 5.74) is 8.29. The molecule has 0 aliphatic rings. The van der Waals surface area contributed by atoms with Crippen molar-refractivity contribution >= 4 is 21.6 Å². The molecule has 0 fully saturated rings. The van der Waals surface area contributed by atoms with E-state index >= 15 is 0 Å². The molecule has 2 N–H and O–H groups in total. The molecule has 0 aliphatic carbocycles. The van der Waals surface area contributed by atoms with Gasteiger partial charge in [-0.3, -0.25) is 0 Å². The Morgan fingerprint density at radius 2 is 2.06 bits per heavy atom. The first-order chi connectivity index (χ1) is 7.65. The Kier molecular flexibility index (Phi) is 5.29. The topological polar surface area (TPSA) is 29.3 Å². The van der Waals surface area contributed by atoms with Gasteiger partial charge in [-0.2, -0.15) is 0 Å². The summed E-state index contributed by atoms with van der Waals surface area (Å²) in [5.74, 6) is 0. The second-order valence-electron chi connectivity index (χ2n) is 3.98. The van der Waals surface area contributed by atoms with Crippen LogP contribution in [0.1, 0.15) is 32.8 Å². The van der Waals surface area contributed by atoms with Crippen LogP contribution in [-0.2, 0) is 6.54 Å². The van der Waals surface area contributed by atoms with E-state index in [0.717, 1.165) is 17.4 Å². The maximum atomic E-state index is 5.83. The third-order valence-corrected chi connectivity index (χ3v) is 3.81.